The molecule has 1 heterocycles. The summed E-state index contributed by atoms with van der Waals surface area (Å²) in [6.07, 6.45) is 1.84. The molecule has 0 fully saturated rings. The number of esters is 1. The number of phenolic OH excluding ortho intramolecular Hbond substituents is 1. The maximum absolute atomic E-state index is 13.1. The van der Waals surface area contributed by atoms with Crippen LogP contribution in [0.3, 0.4) is 0 Å². The van der Waals surface area contributed by atoms with Crippen molar-refractivity contribution in [2.24, 2.45) is 5.92 Å². The number of aromatic hydroxyl groups is 1. The third kappa shape index (κ3) is 3.89. The van der Waals surface area contributed by atoms with E-state index in [1.165, 1.54) is 0 Å². The maximum Gasteiger partial charge on any atom is 0.340 e. The van der Waals surface area contributed by atoms with E-state index in [9.17, 15) is 9.90 Å². The molecule has 5 nitrogen and oxygen atoms in total. The second-order valence-electron chi connectivity index (χ2n) is 9.28. The Bertz CT molecular complexity index is 1220. The summed E-state index contributed by atoms with van der Waals surface area (Å²) < 4.78 is 12.0. The lowest BCUT2D eigenvalue weighted by atomic mass is 9.77. The highest BCUT2D eigenvalue weighted by Crippen LogP contribution is 2.53. The molecule has 178 valence electrons. The standard InChI is InChI=1S/C29H33NO4/c1-6-30-26-20(13-11-18(2)3)14-15-23(27(26)31)29(24-17-19(4)12-16-25(24)33-5)22-10-8-7-9-21(22)28(32)34-29/h7-10,12,14-18,30-31H,6,11,13H2,1-5H3. The molecule has 0 spiro atoms. The predicted octanol–water partition coefficient (Wildman–Crippen LogP) is 6.19. The Morgan fingerprint density at radius 2 is 1.82 bits per heavy atom. The summed E-state index contributed by atoms with van der Waals surface area (Å²) in [7, 11) is 1.60. The number of rotatable bonds is 8. The summed E-state index contributed by atoms with van der Waals surface area (Å²) in [5, 5.41) is 15.1. The smallest absolute Gasteiger partial charge is 0.340 e. The molecule has 0 aliphatic carbocycles. The molecular formula is C29H33NO4. The number of ether oxygens (including phenoxy) is 2. The summed E-state index contributed by atoms with van der Waals surface area (Å²) in [6, 6.07) is 17.1. The Morgan fingerprint density at radius 3 is 2.53 bits per heavy atom. The molecular weight excluding hydrogens is 426 g/mol. The largest absolute Gasteiger partial charge is 0.505 e. The number of carbonyl (C=O) groups is 1. The van der Waals surface area contributed by atoms with Crippen molar-refractivity contribution < 1.29 is 19.4 Å². The second kappa shape index (κ2) is 9.41. The molecule has 1 aliphatic rings. The molecule has 0 saturated carbocycles. The topological polar surface area (TPSA) is 67.8 Å². The van der Waals surface area contributed by atoms with Gasteiger partial charge in [0.15, 0.2) is 5.60 Å². The van der Waals surface area contributed by atoms with Gasteiger partial charge >= 0.3 is 5.97 Å². The van der Waals surface area contributed by atoms with Crippen LogP contribution in [0.5, 0.6) is 11.5 Å². The Labute approximate surface area is 201 Å². The van der Waals surface area contributed by atoms with Gasteiger partial charge in [0.25, 0.3) is 0 Å². The normalized spacial score (nSPS) is 16.9. The molecule has 5 heteroatoms. The number of anilines is 1. The van der Waals surface area contributed by atoms with E-state index in [4.69, 9.17) is 9.47 Å². The van der Waals surface area contributed by atoms with Gasteiger partial charge in [-0.2, -0.15) is 0 Å². The van der Waals surface area contributed by atoms with Gasteiger partial charge in [-0.1, -0.05) is 55.8 Å². The van der Waals surface area contributed by atoms with Gasteiger partial charge in [0.2, 0.25) is 0 Å². The van der Waals surface area contributed by atoms with E-state index in [-0.39, 0.29) is 5.75 Å². The molecule has 34 heavy (non-hydrogen) atoms. The van der Waals surface area contributed by atoms with Gasteiger partial charge < -0.3 is 19.9 Å². The first-order valence-electron chi connectivity index (χ1n) is 11.9. The SMILES string of the molecule is CCNc1c(CCC(C)C)ccc(C2(c3cc(C)ccc3OC)OC(=O)c3ccccc32)c1O. The van der Waals surface area contributed by atoms with Gasteiger partial charge in [0.05, 0.1) is 18.4 Å². The summed E-state index contributed by atoms with van der Waals surface area (Å²) in [5.74, 6) is 0.800. The van der Waals surface area contributed by atoms with Crippen LogP contribution in [0, 0.1) is 12.8 Å². The molecule has 0 saturated heterocycles. The summed E-state index contributed by atoms with van der Waals surface area (Å²) >= 11 is 0. The van der Waals surface area contributed by atoms with Crippen LogP contribution in [0.2, 0.25) is 0 Å². The van der Waals surface area contributed by atoms with E-state index in [1.54, 1.807) is 13.2 Å². The summed E-state index contributed by atoms with van der Waals surface area (Å²) in [5.41, 5.74) is 3.76. The van der Waals surface area contributed by atoms with Gasteiger partial charge in [-0.05, 0) is 56.4 Å². The zero-order chi connectivity index (χ0) is 24.5. The van der Waals surface area contributed by atoms with Crippen LogP contribution in [0.1, 0.15) is 65.4 Å². The number of hydrogen-bond donors (Lipinski definition) is 2. The fourth-order valence-electron chi connectivity index (χ4n) is 4.80. The average Bonchev–Trinajstić information content (AvgIpc) is 3.12. The molecule has 1 unspecified atom stereocenters. The molecule has 0 amide bonds. The van der Waals surface area contributed by atoms with Gasteiger partial charge in [-0.3, -0.25) is 0 Å². The zero-order valence-electron chi connectivity index (χ0n) is 20.6. The maximum atomic E-state index is 13.1. The first kappa shape index (κ1) is 23.7. The molecule has 4 rings (SSSR count). The van der Waals surface area contributed by atoms with Gasteiger partial charge in [0, 0.05) is 23.2 Å². The van der Waals surface area contributed by atoms with Gasteiger partial charge in [-0.25, -0.2) is 4.79 Å². The number of methoxy groups -OCH3 is 1. The van der Waals surface area contributed by atoms with Crippen LogP contribution in [-0.2, 0) is 16.8 Å². The minimum absolute atomic E-state index is 0.0937. The van der Waals surface area contributed by atoms with E-state index < -0.39 is 11.6 Å². The molecule has 0 radical (unpaired) electrons. The number of hydrogen-bond acceptors (Lipinski definition) is 5. The van der Waals surface area contributed by atoms with Crippen LogP contribution in [0.25, 0.3) is 0 Å². The Morgan fingerprint density at radius 1 is 1.06 bits per heavy atom. The van der Waals surface area contributed by atoms with E-state index in [2.05, 4.69) is 19.2 Å². The highest BCUT2D eigenvalue weighted by atomic mass is 16.6. The number of phenols is 1. The second-order valence-corrected chi connectivity index (χ2v) is 9.28. The highest BCUT2D eigenvalue weighted by molar-refractivity contribution is 5.97. The monoisotopic (exact) mass is 459 g/mol. The van der Waals surface area contributed by atoms with E-state index in [0.29, 0.717) is 46.2 Å². The van der Waals surface area contributed by atoms with E-state index in [0.717, 1.165) is 24.0 Å². The van der Waals surface area contributed by atoms with Gasteiger partial charge in [-0.15, -0.1) is 0 Å². The van der Waals surface area contributed by atoms with E-state index >= 15 is 0 Å². The van der Waals surface area contributed by atoms with Crippen LogP contribution < -0.4 is 10.1 Å². The predicted molar refractivity (Wildman–Crippen MR) is 135 cm³/mol. The molecule has 0 bridgehead atoms. The third-order valence-electron chi connectivity index (χ3n) is 6.49. The molecule has 1 atom stereocenters. The van der Waals surface area contributed by atoms with Crippen molar-refractivity contribution >= 4 is 11.7 Å². The Hall–Kier alpha value is -3.47. The first-order valence-corrected chi connectivity index (χ1v) is 11.9. The Kier molecular flexibility index (Phi) is 6.56. The minimum atomic E-state index is -1.34. The molecule has 1 aliphatic heterocycles. The van der Waals surface area contributed by atoms with Crippen molar-refractivity contribution in [1.29, 1.82) is 0 Å². The average molecular weight is 460 g/mol. The van der Waals surface area contributed by atoms with Crippen LogP contribution in [0.15, 0.2) is 54.6 Å². The van der Waals surface area contributed by atoms with Crippen molar-refractivity contribution in [3.05, 3.63) is 88.0 Å². The van der Waals surface area contributed by atoms with Crippen LogP contribution in [-0.4, -0.2) is 24.7 Å². The number of aryl methyl sites for hydroxylation is 2. The number of carbonyl (C=O) groups excluding carboxylic acids is 1. The lowest BCUT2D eigenvalue weighted by molar-refractivity contribution is 0.0239. The fraction of sp³-hybridized carbons (Fsp3) is 0.345. The summed E-state index contributed by atoms with van der Waals surface area (Å²) in [4.78, 5) is 13.1. The molecule has 3 aromatic carbocycles. The van der Waals surface area contributed by atoms with Crippen molar-refractivity contribution in [3.8, 4) is 11.5 Å². The quantitative estimate of drug-likeness (QED) is 0.310. The van der Waals surface area contributed by atoms with Crippen molar-refractivity contribution in [2.45, 2.75) is 46.1 Å². The fourth-order valence-corrected chi connectivity index (χ4v) is 4.80. The highest BCUT2D eigenvalue weighted by Gasteiger charge is 2.51. The van der Waals surface area contributed by atoms with Crippen molar-refractivity contribution in [3.63, 3.8) is 0 Å². The molecule has 0 aromatic heterocycles. The van der Waals surface area contributed by atoms with E-state index in [1.807, 2.05) is 62.4 Å². The van der Waals surface area contributed by atoms with Crippen molar-refractivity contribution in [2.75, 3.05) is 19.0 Å². The number of fused-ring (bicyclic) bond motifs is 1. The lowest BCUT2D eigenvalue weighted by Gasteiger charge is -2.33. The third-order valence-corrected chi connectivity index (χ3v) is 6.49. The number of nitrogens with one attached hydrogen (secondary N) is 1. The van der Waals surface area contributed by atoms with Gasteiger partial charge in [0.1, 0.15) is 11.5 Å². The van der Waals surface area contributed by atoms with Crippen LogP contribution in [0.4, 0.5) is 5.69 Å². The van der Waals surface area contributed by atoms with Crippen molar-refractivity contribution in [1.82, 2.24) is 0 Å². The number of benzene rings is 3. The molecule has 2 N–H and O–H groups in total. The summed E-state index contributed by atoms with van der Waals surface area (Å²) in [6.45, 7) is 9.02. The minimum Gasteiger partial charge on any atom is -0.505 e. The Balaban J connectivity index is 2.04. The lowest BCUT2D eigenvalue weighted by Crippen LogP contribution is -2.30. The van der Waals surface area contributed by atoms with Crippen LogP contribution >= 0.6 is 0 Å². The molecule has 3 aromatic rings. The first-order chi connectivity index (χ1) is 16.3. The zero-order valence-corrected chi connectivity index (χ0v) is 20.6. The number of cyclic esters (lactones) is 1.